The lowest BCUT2D eigenvalue weighted by molar-refractivity contribution is 0.419. The van der Waals surface area contributed by atoms with Gasteiger partial charge in [0.1, 0.15) is 0 Å². The second-order valence-electron chi connectivity index (χ2n) is 3.40. The van der Waals surface area contributed by atoms with Gasteiger partial charge in [0.15, 0.2) is 5.15 Å². The van der Waals surface area contributed by atoms with Gasteiger partial charge in [0, 0.05) is 6.54 Å². The van der Waals surface area contributed by atoms with Crippen LogP contribution in [-0.4, -0.2) is 35.7 Å². The van der Waals surface area contributed by atoms with Crippen molar-refractivity contribution < 1.29 is 0 Å². The first-order valence-electron chi connectivity index (χ1n) is 4.41. The fraction of sp³-hybridized carbons (Fsp3) is 0.400. The van der Waals surface area contributed by atoms with Crippen LogP contribution >= 0.6 is 11.6 Å². The summed E-state index contributed by atoms with van der Waals surface area (Å²) in [7, 11) is 4.06. The first-order chi connectivity index (χ1) is 6.59. The number of hydrogen-bond donors (Lipinski definition) is 0. The first kappa shape index (κ1) is 11.1. The highest BCUT2D eigenvalue weighted by Crippen LogP contribution is 2.13. The van der Waals surface area contributed by atoms with E-state index >= 15 is 0 Å². The van der Waals surface area contributed by atoms with Gasteiger partial charge in [0.2, 0.25) is 0 Å². The lowest BCUT2D eigenvalue weighted by atomic mass is 10.1. The summed E-state index contributed by atoms with van der Waals surface area (Å²) in [6.07, 6.45) is 0.892. The van der Waals surface area contributed by atoms with Crippen molar-refractivity contribution in [3.8, 4) is 0 Å². The smallest absolute Gasteiger partial charge is 0.151 e. The Labute approximate surface area is 89.4 Å². The Kier molecular flexibility index (Phi) is 4.04. The maximum atomic E-state index is 5.63. The molecule has 3 nitrogen and oxygen atoms in total. The van der Waals surface area contributed by atoms with Crippen molar-refractivity contribution in [2.75, 3.05) is 20.6 Å². The average molecular weight is 212 g/mol. The average Bonchev–Trinajstić information content (AvgIpc) is 2.15. The Morgan fingerprint density at radius 3 is 2.64 bits per heavy atom. The van der Waals surface area contributed by atoms with E-state index in [1.54, 1.807) is 6.07 Å². The molecular weight excluding hydrogens is 198 g/mol. The molecule has 1 rings (SSSR count). The van der Waals surface area contributed by atoms with Crippen LogP contribution in [0, 0.1) is 0 Å². The predicted molar refractivity (Wildman–Crippen MR) is 59.2 cm³/mol. The van der Waals surface area contributed by atoms with Crippen molar-refractivity contribution in [3.05, 3.63) is 29.6 Å². The molecule has 0 N–H and O–H groups in total. The molecule has 0 aliphatic carbocycles. The van der Waals surface area contributed by atoms with Crippen molar-refractivity contribution in [2.45, 2.75) is 6.42 Å². The Bertz CT molecular complexity index is 306. The molecule has 0 radical (unpaired) electrons. The molecule has 1 aromatic heterocycles. The molecule has 0 unspecified atom stereocenters. The van der Waals surface area contributed by atoms with Gasteiger partial charge < -0.3 is 4.90 Å². The molecule has 1 heterocycles. The van der Waals surface area contributed by atoms with Crippen molar-refractivity contribution in [2.24, 2.45) is 0 Å². The van der Waals surface area contributed by atoms with E-state index in [-0.39, 0.29) is 0 Å². The lowest BCUT2D eigenvalue weighted by Gasteiger charge is -2.10. The second kappa shape index (κ2) is 5.08. The van der Waals surface area contributed by atoms with Crippen molar-refractivity contribution in [1.82, 2.24) is 15.1 Å². The van der Waals surface area contributed by atoms with E-state index < -0.39 is 0 Å². The van der Waals surface area contributed by atoms with Crippen LogP contribution in [0.4, 0.5) is 0 Å². The van der Waals surface area contributed by atoms with Gasteiger partial charge in [-0.2, -0.15) is 0 Å². The summed E-state index contributed by atoms with van der Waals surface area (Å²) in [6, 6.07) is 3.57. The number of aromatic nitrogens is 2. The molecule has 0 spiro atoms. The highest BCUT2D eigenvalue weighted by molar-refractivity contribution is 6.29. The third-order valence-corrected chi connectivity index (χ3v) is 2.06. The summed E-state index contributed by atoms with van der Waals surface area (Å²) in [6.45, 7) is 4.92. The summed E-state index contributed by atoms with van der Waals surface area (Å²) >= 11 is 5.63. The maximum absolute atomic E-state index is 5.63. The van der Waals surface area contributed by atoms with Crippen LogP contribution < -0.4 is 0 Å². The summed E-state index contributed by atoms with van der Waals surface area (Å²) in [5.41, 5.74) is 1.80. The summed E-state index contributed by atoms with van der Waals surface area (Å²) in [4.78, 5) is 2.11. The van der Waals surface area contributed by atoms with Crippen molar-refractivity contribution in [1.29, 1.82) is 0 Å². The van der Waals surface area contributed by atoms with E-state index in [4.69, 9.17) is 11.6 Å². The zero-order valence-electron chi connectivity index (χ0n) is 8.50. The molecule has 0 amide bonds. The molecular formula is C10H14ClN3. The van der Waals surface area contributed by atoms with E-state index in [1.807, 2.05) is 20.2 Å². The summed E-state index contributed by atoms with van der Waals surface area (Å²) in [5.74, 6) is 0. The zero-order valence-corrected chi connectivity index (χ0v) is 9.25. The fourth-order valence-electron chi connectivity index (χ4n) is 0.991. The van der Waals surface area contributed by atoms with Crippen LogP contribution in [0.3, 0.4) is 0 Å². The quantitative estimate of drug-likeness (QED) is 0.764. The third-order valence-electron chi connectivity index (χ3n) is 1.86. The first-order valence-corrected chi connectivity index (χ1v) is 4.79. The topological polar surface area (TPSA) is 29.0 Å². The van der Waals surface area contributed by atoms with Gasteiger partial charge in [0.05, 0.1) is 5.69 Å². The van der Waals surface area contributed by atoms with Gasteiger partial charge in [-0.15, -0.1) is 10.2 Å². The van der Waals surface area contributed by atoms with Crippen LogP contribution in [0.1, 0.15) is 12.1 Å². The maximum Gasteiger partial charge on any atom is 0.151 e. The molecule has 0 aliphatic rings. The van der Waals surface area contributed by atoms with Crippen LogP contribution in [0.5, 0.6) is 0 Å². The van der Waals surface area contributed by atoms with E-state index in [9.17, 15) is 0 Å². The molecule has 0 atom stereocenters. The Morgan fingerprint density at radius 1 is 1.43 bits per heavy atom. The minimum atomic E-state index is 0.411. The van der Waals surface area contributed by atoms with E-state index in [1.165, 1.54) is 0 Å². The molecule has 0 saturated heterocycles. The molecule has 0 aromatic carbocycles. The number of halogens is 1. The van der Waals surface area contributed by atoms with Gasteiger partial charge in [-0.25, -0.2) is 0 Å². The SMILES string of the molecule is C=C(CCN(C)C)c1ccc(Cl)nn1. The van der Waals surface area contributed by atoms with Gasteiger partial charge >= 0.3 is 0 Å². The minimum absolute atomic E-state index is 0.411. The molecule has 0 aliphatic heterocycles. The molecule has 4 heteroatoms. The molecule has 0 saturated carbocycles. The van der Waals surface area contributed by atoms with Crippen LogP contribution in [0.2, 0.25) is 5.15 Å². The second-order valence-corrected chi connectivity index (χ2v) is 3.79. The lowest BCUT2D eigenvalue weighted by Crippen LogP contribution is -2.13. The van der Waals surface area contributed by atoms with Gasteiger partial charge in [-0.05, 0) is 38.2 Å². The fourth-order valence-corrected chi connectivity index (χ4v) is 1.09. The van der Waals surface area contributed by atoms with Gasteiger partial charge in [0.25, 0.3) is 0 Å². The van der Waals surface area contributed by atoms with E-state index in [2.05, 4.69) is 21.7 Å². The van der Waals surface area contributed by atoms with Crippen molar-refractivity contribution in [3.63, 3.8) is 0 Å². The number of rotatable bonds is 4. The number of nitrogens with zero attached hydrogens (tertiary/aromatic N) is 3. The normalized spacial score (nSPS) is 10.6. The van der Waals surface area contributed by atoms with Gasteiger partial charge in [-0.1, -0.05) is 18.2 Å². The highest BCUT2D eigenvalue weighted by atomic mass is 35.5. The Balaban J connectivity index is 2.57. The Hall–Kier alpha value is -0.930. The molecule has 14 heavy (non-hydrogen) atoms. The van der Waals surface area contributed by atoms with E-state index in [0.717, 1.165) is 24.2 Å². The zero-order chi connectivity index (χ0) is 10.6. The van der Waals surface area contributed by atoms with Crippen LogP contribution in [0.25, 0.3) is 5.57 Å². The molecule has 76 valence electrons. The summed E-state index contributed by atoms with van der Waals surface area (Å²) < 4.78 is 0. The van der Waals surface area contributed by atoms with Crippen LogP contribution in [-0.2, 0) is 0 Å². The molecule has 0 fully saturated rings. The Morgan fingerprint density at radius 2 is 2.14 bits per heavy atom. The summed E-state index contributed by atoms with van der Waals surface area (Å²) in [5, 5.41) is 8.14. The van der Waals surface area contributed by atoms with E-state index in [0.29, 0.717) is 5.15 Å². The monoisotopic (exact) mass is 211 g/mol. The third kappa shape index (κ3) is 3.44. The van der Waals surface area contributed by atoms with Crippen molar-refractivity contribution >= 4 is 17.2 Å². The van der Waals surface area contributed by atoms with Crippen LogP contribution in [0.15, 0.2) is 18.7 Å². The largest absolute Gasteiger partial charge is 0.309 e. The number of hydrogen-bond acceptors (Lipinski definition) is 3. The van der Waals surface area contributed by atoms with Gasteiger partial charge in [-0.3, -0.25) is 0 Å². The minimum Gasteiger partial charge on any atom is -0.309 e. The molecule has 1 aromatic rings. The predicted octanol–water partition coefficient (Wildman–Crippen LogP) is 2.09. The highest BCUT2D eigenvalue weighted by Gasteiger charge is 2.01. The molecule has 0 bridgehead atoms. The standard InChI is InChI=1S/C10H14ClN3/c1-8(6-7-14(2)3)9-4-5-10(11)13-12-9/h4-5H,1,6-7H2,2-3H3.